The topological polar surface area (TPSA) is 75.7 Å². The normalized spacial score (nSPS) is 15.7. The first kappa shape index (κ1) is 17.6. The minimum atomic E-state index is -3.60. The van der Waals surface area contributed by atoms with Crippen LogP contribution in [0.15, 0.2) is 59.5 Å². The molecule has 1 aliphatic rings. The Morgan fingerprint density at radius 1 is 1.04 bits per heavy atom. The van der Waals surface area contributed by atoms with E-state index in [9.17, 15) is 13.2 Å². The number of sulfonamides is 1. The van der Waals surface area contributed by atoms with Crippen LogP contribution >= 0.6 is 0 Å². The number of morpholine rings is 1. The van der Waals surface area contributed by atoms with E-state index in [0.29, 0.717) is 31.9 Å². The average molecular weight is 360 g/mol. The number of carbonyl (C=O) groups is 1. The number of benzene rings is 2. The summed E-state index contributed by atoms with van der Waals surface area (Å²) in [5.41, 5.74) is 1.21. The molecule has 0 saturated carbocycles. The summed E-state index contributed by atoms with van der Waals surface area (Å²) in [6, 6.07) is 15.6. The summed E-state index contributed by atoms with van der Waals surface area (Å²) in [5.74, 6) is -0.164. The van der Waals surface area contributed by atoms with Crippen molar-refractivity contribution in [2.45, 2.75) is 4.90 Å². The van der Waals surface area contributed by atoms with Crippen LogP contribution in [0.1, 0.15) is 10.4 Å². The van der Waals surface area contributed by atoms with Crippen LogP contribution in [0.3, 0.4) is 0 Å². The van der Waals surface area contributed by atoms with Crippen LogP contribution in [0.25, 0.3) is 0 Å². The number of ether oxygens (including phenoxy) is 1. The van der Waals surface area contributed by atoms with Gasteiger partial charge in [0.2, 0.25) is 10.0 Å². The molecule has 0 unspecified atom stereocenters. The van der Waals surface area contributed by atoms with Crippen molar-refractivity contribution in [3.63, 3.8) is 0 Å². The number of hydrogen-bond acceptors (Lipinski definition) is 5. The molecule has 0 radical (unpaired) electrons. The van der Waals surface area contributed by atoms with Gasteiger partial charge in [-0.1, -0.05) is 30.3 Å². The standard InChI is InChI=1S/C18H20N2O4S/c21-18(14-19-16-6-2-1-3-7-16)15-5-4-8-17(13-15)25(22,23)20-9-11-24-12-10-20/h1-8,13,19H,9-12,14H2. The smallest absolute Gasteiger partial charge is 0.243 e. The molecule has 1 N–H and O–H groups in total. The Morgan fingerprint density at radius 3 is 2.48 bits per heavy atom. The molecule has 0 amide bonds. The van der Waals surface area contributed by atoms with E-state index in [0.717, 1.165) is 5.69 Å². The van der Waals surface area contributed by atoms with Gasteiger partial charge in [-0.15, -0.1) is 0 Å². The van der Waals surface area contributed by atoms with E-state index >= 15 is 0 Å². The van der Waals surface area contributed by atoms with Gasteiger partial charge in [0.25, 0.3) is 0 Å². The van der Waals surface area contributed by atoms with Crippen LogP contribution in [0, 0.1) is 0 Å². The number of anilines is 1. The van der Waals surface area contributed by atoms with Crippen LogP contribution in [0.2, 0.25) is 0 Å². The summed E-state index contributed by atoms with van der Waals surface area (Å²) in [5, 5.41) is 3.04. The van der Waals surface area contributed by atoms with E-state index in [2.05, 4.69) is 5.32 Å². The summed E-state index contributed by atoms with van der Waals surface area (Å²) in [7, 11) is -3.60. The van der Waals surface area contributed by atoms with Crippen molar-refractivity contribution >= 4 is 21.5 Å². The molecule has 6 nitrogen and oxygen atoms in total. The first-order valence-electron chi connectivity index (χ1n) is 8.07. The predicted molar refractivity (Wildman–Crippen MR) is 95.3 cm³/mol. The molecule has 1 saturated heterocycles. The molecule has 1 fully saturated rings. The van der Waals surface area contributed by atoms with Crippen LogP contribution in [-0.2, 0) is 14.8 Å². The van der Waals surface area contributed by atoms with Gasteiger partial charge in [0.15, 0.2) is 5.78 Å². The van der Waals surface area contributed by atoms with Crippen molar-refractivity contribution in [2.75, 3.05) is 38.2 Å². The first-order chi connectivity index (χ1) is 12.1. The molecule has 0 bridgehead atoms. The highest BCUT2D eigenvalue weighted by Gasteiger charge is 2.26. The minimum Gasteiger partial charge on any atom is -0.379 e. The number of nitrogens with zero attached hydrogens (tertiary/aromatic N) is 1. The zero-order valence-electron chi connectivity index (χ0n) is 13.7. The third kappa shape index (κ3) is 4.25. The molecule has 0 aromatic heterocycles. The molecule has 2 aromatic rings. The van der Waals surface area contributed by atoms with Crippen molar-refractivity contribution in [1.82, 2.24) is 4.31 Å². The van der Waals surface area contributed by atoms with Gasteiger partial charge in [-0.2, -0.15) is 4.31 Å². The summed E-state index contributed by atoms with van der Waals surface area (Å²) >= 11 is 0. The highest BCUT2D eigenvalue weighted by Crippen LogP contribution is 2.18. The van der Waals surface area contributed by atoms with Gasteiger partial charge in [0.05, 0.1) is 24.7 Å². The lowest BCUT2D eigenvalue weighted by atomic mass is 10.1. The van der Waals surface area contributed by atoms with Crippen molar-refractivity contribution in [3.05, 3.63) is 60.2 Å². The van der Waals surface area contributed by atoms with E-state index in [-0.39, 0.29) is 17.2 Å². The number of ketones is 1. The van der Waals surface area contributed by atoms with Gasteiger partial charge in [0, 0.05) is 24.3 Å². The van der Waals surface area contributed by atoms with E-state index in [1.807, 2.05) is 30.3 Å². The van der Waals surface area contributed by atoms with E-state index < -0.39 is 10.0 Å². The second kappa shape index (κ2) is 7.77. The molecule has 0 aliphatic carbocycles. The number of nitrogens with one attached hydrogen (secondary N) is 1. The maximum absolute atomic E-state index is 12.7. The number of hydrogen-bond donors (Lipinski definition) is 1. The molecule has 1 heterocycles. The van der Waals surface area contributed by atoms with Gasteiger partial charge in [-0.25, -0.2) is 8.42 Å². The average Bonchev–Trinajstić information content (AvgIpc) is 2.67. The summed E-state index contributed by atoms with van der Waals surface area (Å²) in [4.78, 5) is 12.5. The van der Waals surface area contributed by atoms with Crippen molar-refractivity contribution in [1.29, 1.82) is 0 Å². The molecule has 0 atom stereocenters. The summed E-state index contributed by atoms with van der Waals surface area (Å²) in [6.07, 6.45) is 0. The molecule has 132 valence electrons. The quantitative estimate of drug-likeness (QED) is 0.798. The highest BCUT2D eigenvalue weighted by atomic mass is 32.2. The Hall–Kier alpha value is -2.22. The van der Waals surface area contributed by atoms with Gasteiger partial charge in [-0.3, -0.25) is 4.79 Å². The fourth-order valence-corrected chi connectivity index (χ4v) is 4.06. The van der Waals surface area contributed by atoms with Crippen LogP contribution < -0.4 is 5.32 Å². The molecule has 0 spiro atoms. The number of carbonyl (C=O) groups excluding carboxylic acids is 1. The molecule has 2 aromatic carbocycles. The zero-order valence-corrected chi connectivity index (χ0v) is 14.5. The van der Waals surface area contributed by atoms with Gasteiger partial charge < -0.3 is 10.1 Å². The monoisotopic (exact) mass is 360 g/mol. The van der Waals surface area contributed by atoms with Crippen molar-refractivity contribution in [2.24, 2.45) is 0 Å². The molecule has 3 rings (SSSR count). The SMILES string of the molecule is O=C(CNc1ccccc1)c1cccc(S(=O)(=O)N2CCOCC2)c1. The second-order valence-electron chi connectivity index (χ2n) is 5.69. The molecule has 25 heavy (non-hydrogen) atoms. The summed E-state index contributed by atoms with van der Waals surface area (Å²) < 4.78 is 32.0. The Bertz CT molecular complexity index is 831. The molecular formula is C18H20N2O4S. The van der Waals surface area contributed by atoms with Gasteiger partial charge >= 0.3 is 0 Å². The number of rotatable bonds is 6. The Labute approximate surface area is 147 Å². The predicted octanol–water partition coefficient (Wildman–Crippen LogP) is 2.00. The van der Waals surface area contributed by atoms with E-state index in [4.69, 9.17) is 4.74 Å². The van der Waals surface area contributed by atoms with Crippen LogP contribution in [-0.4, -0.2) is 51.4 Å². The first-order valence-corrected chi connectivity index (χ1v) is 9.51. The Kier molecular flexibility index (Phi) is 5.47. The van der Waals surface area contributed by atoms with Gasteiger partial charge in [0.1, 0.15) is 0 Å². The second-order valence-corrected chi connectivity index (χ2v) is 7.62. The summed E-state index contributed by atoms with van der Waals surface area (Å²) in [6.45, 7) is 1.54. The fraction of sp³-hybridized carbons (Fsp3) is 0.278. The lowest BCUT2D eigenvalue weighted by Crippen LogP contribution is -2.40. The maximum atomic E-state index is 12.7. The largest absolute Gasteiger partial charge is 0.379 e. The van der Waals surface area contributed by atoms with Crippen molar-refractivity contribution in [3.8, 4) is 0 Å². The van der Waals surface area contributed by atoms with E-state index in [1.54, 1.807) is 12.1 Å². The number of para-hydroxylation sites is 1. The van der Waals surface area contributed by atoms with Crippen LogP contribution in [0.4, 0.5) is 5.69 Å². The fourth-order valence-electron chi connectivity index (χ4n) is 2.61. The molecular weight excluding hydrogens is 340 g/mol. The van der Waals surface area contributed by atoms with E-state index in [1.165, 1.54) is 16.4 Å². The molecule has 7 heteroatoms. The lowest BCUT2D eigenvalue weighted by Gasteiger charge is -2.26. The third-order valence-electron chi connectivity index (χ3n) is 3.99. The highest BCUT2D eigenvalue weighted by molar-refractivity contribution is 7.89. The minimum absolute atomic E-state index is 0.102. The third-order valence-corrected chi connectivity index (χ3v) is 5.89. The van der Waals surface area contributed by atoms with Crippen molar-refractivity contribution < 1.29 is 17.9 Å². The Balaban J connectivity index is 1.73. The zero-order chi connectivity index (χ0) is 17.7. The number of Topliss-reactive ketones (excluding diaryl/α,β-unsaturated/α-hetero) is 1. The lowest BCUT2D eigenvalue weighted by molar-refractivity contribution is 0.0730. The molecule has 1 aliphatic heterocycles. The maximum Gasteiger partial charge on any atom is 0.243 e. The van der Waals surface area contributed by atoms with Crippen LogP contribution in [0.5, 0.6) is 0 Å². The van der Waals surface area contributed by atoms with Gasteiger partial charge in [-0.05, 0) is 24.3 Å². The Morgan fingerprint density at radius 2 is 1.76 bits per heavy atom.